The van der Waals surface area contributed by atoms with Crippen LogP contribution in [0.1, 0.15) is 19.4 Å². The van der Waals surface area contributed by atoms with Crippen molar-refractivity contribution in [2.75, 3.05) is 0 Å². The molecule has 2 aromatic heterocycles. The lowest BCUT2D eigenvalue weighted by molar-refractivity contribution is 1.06. The molecule has 5 nitrogen and oxygen atoms in total. The molecule has 0 aliphatic rings. The molecule has 0 amide bonds. The predicted molar refractivity (Wildman–Crippen MR) is 63.6 cm³/mol. The molecule has 0 bridgehead atoms. The largest absolute Gasteiger partial charge is 0.328 e. The molecule has 0 aliphatic carbocycles. The molecule has 0 aromatic carbocycles. The van der Waals surface area contributed by atoms with Crippen molar-refractivity contribution in [2.24, 2.45) is 0 Å². The summed E-state index contributed by atoms with van der Waals surface area (Å²) in [5.41, 5.74) is 1.75. The molecule has 2 heterocycles. The van der Waals surface area contributed by atoms with Crippen LogP contribution < -0.4 is 11.1 Å². The molecule has 0 radical (unpaired) electrons. The average molecular weight is 221 g/mol. The number of aromatic amines is 3. The SMILES string of the molecule is CC.Cc1cc(-c2cc(=O)[nH][nH]2)c[nH]c1=O. The molecule has 86 valence electrons. The van der Waals surface area contributed by atoms with Gasteiger partial charge in [0, 0.05) is 23.4 Å². The van der Waals surface area contributed by atoms with Gasteiger partial charge in [-0.3, -0.25) is 19.8 Å². The van der Waals surface area contributed by atoms with Gasteiger partial charge in [0.25, 0.3) is 11.1 Å². The van der Waals surface area contributed by atoms with Crippen LogP contribution in [0.5, 0.6) is 0 Å². The van der Waals surface area contributed by atoms with Gasteiger partial charge in [-0.1, -0.05) is 13.8 Å². The molecule has 16 heavy (non-hydrogen) atoms. The first-order valence-corrected chi connectivity index (χ1v) is 5.14. The number of nitrogens with one attached hydrogen (secondary N) is 3. The minimum Gasteiger partial charge on any atom is -0.328 e. The van der Waals surface area contributed by atoms with Crippen LogP contribution in [0.4, 0.5) is 0 Å². The van der Waals surface area contributed by atoms with E-state index in [2.05, 4.69) is 15.2 Å². The monoisotopic (exact) mass is 221 g/mol. The number of rotatable bonds is 1. The lowest BCUT2D eigenvalue weighted by Crippen LogP contribution is -2.07. The smallest absolute Gasteiger partial charge is 0.264 e. The van der Waals surface area contributed by atoms with Crippen molar-refractivity contribution in [2.45, 2.75) is 20.8 Å². The van der Waals surface area contributed by atoms with E-state index in [9.17, 15) is 9.59 Å². The van der Waals surface area contributed by atoms with Crippen molar-refractivity contribution in [3.05, 3.63) is 44.6 Å². The highest BCUT2D eigenvalue weighted by Gasteiger charge is 2.01. The molecule has 2 aromatic rings. The van der Waals surface area contributed by atoms with Crippen molar-refractivity contribution in [3.63, 3.8) is 0 Å². The zero-order chi connectivity index (χ0) is 12.1. The number of aromatic nitrogens is 3. The Kier molecular flexibility index (Phi) is 3.88. The van der Waals surface area contributed by atoms with Crippen LogP contribution in [-0.2, 0) is 0 Å². The summed E-state index contributed by atoms with van der Waals surface area (Å²) in [5, 5.41) is 5.14. The van der Waals surface area contributed by atoms with Crippen molar-refractivity contribution in [1.29, 1.82) is 0 Å². The van der Waals surface area contributed by atoms with Crippen LogP contribution in [-0.4, -0.2) is 15.2 Å². The lowest BCUT2D eigenvalue weighted by Gasteiger charge is -1.97. The first kappa shape index (κ1) is 12.0. The molecule has 0 saturated heterocycles. The molecule has 0 atom stereocenters. The fourth-order valence-electron chi connectivity index (χ4n) is 1.24. The number of H-pyrrole nitrogens is 3. The number of hydrogen-bond acceptors (Lipinski definition) is 2. The van der Waals surface area contributed by atoms with Crippen LogP contribution in [0.3, 0.4) is 0 Å². The lowest BCUT2D eigenvalue weighted by atomic mass is 10.2. The molecule has 0 aliphatic heterocycles. The first-order chi connectivity index (χ1) is 7.66. The highest BCUT2D eigenvalue weighted by Crippen LogP contribution is 2.12. The van der Waals surface area contributed by atoms with E-state index in [1.165, 1.54) is 6.07 Å². The maximum atomic E-state index is 11.1. The quantitative estimate of drug-likeness (QED) is 0.680. The first-order valence-electron chi connectivity index (χ1n) is 5.14. The molecule has 2 rings (SSSR count). The second-order valence-electron chi connectivity index (χ2n) is 3.07. The second kappa shape index (κ2) is 5.16. The third kappa shape index (κ3) is 2.50. The van der Waals surface area contributed by atoms with E-state index in [4.69, 9.17) is 0 Å². The topological polar surface area (TPSA) is 81.5 Å². The summed E-state index contributed by atoms with van der Waals surface area (Å²) in [6.07, 6.45) is 1.56. The minimum absolute atomic E-state index is 0.119. The normalized spacial score (nSPS) is 9.44. The van der Waals surface area contributed by atoms with Gasteiger partial charge in [0.2, 0.25) is 0 Å². The van der Waals surface area contributed by atoms with Crippen LogP contribution in [0, 0.1) is 6.92 Å². The summed E-state index contributed by atoms with van der Waals surface area (Å²) in [6.45, 7) is 5.72. The maximum Gasteiger partial charge on any atom is 0.264 e. The molecule has 5 heteroatoms. The Morgan fingerprint density at radius 3 is 2.25 bits per heavy atom. The van der Waals surface area contributed by atoms with Gasteiger partial charge in [-0.25, -0.2) is 0 Å². The molecule has 0 spiro atoms. The van der Waals surface area contributed by atoms with Gasteiger partial charge in [0.05, 0.1) is 5.69 Å². The highest BCUT2D eigenvalue weighted by molar-refractivity contribution is 5.57. The van der Waals surface area contributed by atoms with Crippen LogP contribution in [0.2, 0.25) is 0 Å². The number of pyridine rings is 1. The van der Waals surface area contributed by atoms with Crippen molar-refractivity contribution >= 4 is 0 Å². The summed E-state index contributed by atoms with van der Waals surface area (Å²) >= 11 is 0. The zero-order valence-electron chi connectivity index (χ0n) is 9.55. The molecular weight excluding hydrogens is 206 g/mol. The number of aryl methyl sites for hydroxylation is 1. The summed E-state index contributed by atoms with van der Waals surface area (Å²) < 4.78 is 0. The van der Waals surface area contributed by atoms with Crippen LogP contribution in [0.25, 0.3) is 11.3 Å². The molecule has 0 fully saturated rings. The Bertz CT molecular complexity index is 563. The Hall–Kier alpha value is -2.04. The molecule has 0 unspecified atom stereocenters. The van der Waals surface area contributed by atoms with Gasteiger partial charge in [0.1, 0.15) is 0 Å². The highest BCUT2D eigenvalue weighted by atomic mass is 16.1. The summed E-state index contributed by atoms with van der Waals surface area (Å²) in [7, 11) is 0. The van der Waals surface area contributed by atoms with E-state index in [1.54, 1.807) is 19.2 Å². The van der Waals surface area contributed by atoms with Gasteiger partial charge in [-0.2, -0.15) is 0 Å². The van der Waals surface area contributed by atoms with E-state index in [0.29, 0.717) is 11.3 Å². The number of hydrogen-bond donors (Lipinski definition) is 3. The second-order valence-corrected chi connectivity index (χ2v) is 3.07. The van der Waals surface area contributed by atoms with E-state index in [1.807, 2.05) is 13.8 Å². The predicted octanol–water partition coefficient (Wildman–Crippen LogP) is 1.39. The van der Waals surface area contributed by atoms with Crippen LogP contribution in [0.15, 0.2) is 27.9 Å². The van der Waals surface area contributed by atoms with Gasteiger partial charge in [-0.15, -0.1) is 0 Å². The van der Waals surface area contributed by atoms with Crippen molar-refractivity contribution in [1.82, 2.24) is 15.2 Å². The molecular formula is C11H15N3O2. The minimum atomic E-state index is -0.191. The van der Waals surface area contributed by atoms with E-state index in [-0.39, 0.29) is 11.1 Å². The van der Waals surface area contributed by atoms with E-state index in [0.717, 1.165) is 5.56 Å². The van der Waals surface area contributed by atoms with Gasteiger partial charge >= 0.3 is 0 Å². The Morgan fingerprint density at radius 2 is 1.75 bits per heavy atom. The third-order valence-electron chi connectivity index (χ3n) is 2.00. The maximum absolute atomic E-state index is 11.1. The Labute approximate surface area is 92.5 Å². The van der Waals surface area contributed by atoms with E-state index < -0.39 is 0 Å². The van der Waals surface area contributed by atoms with Crippen LogP contribution >= 0.6 is 0 Å². The standard InChI is InChI=1S/C9H9N3O2.C2H6/c1-5-2-6(4-10-9(5)14)7-3-8(13)12-11-7;1-2/h2-4H,1H3,(H,10,14)(H2,11,12,13);1-2H3. The zero-order valence-corrected chi connectivity index (χ0v) is 9.55. The Morgan fingerprint density at radius 1 is 1.06 bits per heavy atom. The van der Waals surface area contributed by atoms with Crippen molar-refractivity contribution < 1.29 is 0 Å². The molecule has 0 saturated carbocycles. The van der Waals surface area contributed by atoms with E-state index >= 15 is 0 Å². The van der Waals surface area contributed by atoms with Gasteiger partial charge in [-0.05, 0) is 13.0 Å². The van der Waals surface area contributed by atoms with Crippen molar-refractivity contribution in [3.8, 4) is 11.3 Å². The van der Waals surface area contributed by atoms with Gasteiger partial charge in [0.15, 0.2) is 0 Å². The van der Waals surface area contributed by atoms with Gasteiger partial charge < -0.3 is 4.98 Å². The fourth-order valence-corrected chi connectivity index (χ4v) is 1.24. The average Bonchev–Trinajstić information content (AvgIpc) is 2.72. The summed E-state index contributed by atoms with van der Waals surface area (Å²) in [6, 6.07) is 3.16. The summed E-state index contributed by atoms with van der Waals surface area (Å²) in [5.74, 6) is 0. The molecule has 3 N–H and O–H groups in total. The third-order valence-corrected chi connectivity index (χ3v) is 2.00. The Balaban J connectivity index is 0.000000606. The summed E-state index contributed by atoms with van der Waals surface area (Å²) in [4.78, 5) is 24.5. The fraction of sp³-hybridized carbons (Fsp3) is 0.273.